The summed E-state index contributed by atoms with van der Waals surface area (Å²) >= 11 is 0. The summed E-state index contributed by atoms with van der Waals surface area (Å²) < 4.78 is 1.70. The summed E-state index contributed by atoms with van der Waals surface area (Å²) in [7, 11) is 0. The lowest BCUT2D eigenvalue weighted by atomic mass is 9.99. The predicted molar refractivity (Wildman–Crippen MR) is 69.9 cm³/mol. The van der Waals surface area contributed by atoms with Crippen molar-refractivity contribution < 1.29 is 14.7 Å². The van der Waals surface area contributed by atoms with Crippen LogP contribution in [-0.2, 0) is 11.3 Å². The van der Waals surface area contributed by atoms with Crippen LogP contribution in [0.5, 0.6) is 0 Å². The number of aromatic nitrogens is 3. The number of carboxylic acid groups (broad SMARTS) is 1. The zero-order valence-corrected chi connectivity index (χ0v) is 11.4. The number of aryl methyl sites for hydroxylation is 1. The monoisotopic (exact) mass is 281 g/mol. The molecule has 8 nitrogen and oxygen atoms in total. The molecule has 110 valence electrons. The molecule has 0 spiro atoms. The molecule has 2 heterocycles. The number of aliphatic carboxylic acids is 1. The third kappa shape index (κ3) is 3.46. The van der Waals surface area contributed by atoms with Crippen molar-refractivity contribution in [2.45, 2.75) is 19.9 Å². The zero-order chi connectivity index (χ0) is 14.5. The van der Waals surface area contributed by atoms with E-state index < -0.39 is 11.9 Å². The number of hydrogen-bond donors (Lipinski definition) is 2. The number of carboxylic acids is 1. The van der Waals surface area contributed by atoms with E-state index in [9.17, 15) is 9.59 Å². The molecule has 0 aromatic carbocycles. The fourth-order valence-corrected chi connectivity index (χ4v) is 2.35. The lowest BCUT2D eigenvalue weighted by Gasteiger charge is -2.16. The number of nitrogens with zero attached hydrogens (tertiary/aromatic N) is 4. The number of rotatable bonds is 5. The molecule has 2 atom stereocenters. The average Bonchev–Trinajstić information content (AvgIpc) is 3.03. The molecule has 0 radical (unpaired) electrons. The van der Waals surface area contributed by atoms with Gasteiger partial charge < -0.3 is 15.3 Å². The van der Waals surface area contributed by atoms with Gasteiger partial charge in [0, 0.05) is 32.4 Å². The van der Waals surface area contributed by atoms with E-state index >= 15 is 0 Å². The van der Waals surface area contributed by atoms with Gasteiger partial charge in [0.1, 0.15) is 0 Å². The van der Waals surface area contributed by atoms with E-state index in [-0.39, 0.29) is 18.5 Å². The van der Waals surface area contributed by atoms with Crippen LogP contribution in [0.4, 0.5) is 4.79 Å². The zero-order valence-electron chi connectivity index (χ0n) is 11.4. The first-order valence-electron chi connectivity index (χ1n) is 6.67. The van der Waals surface area contributed by atoms with Crippen LogP contribution in [0.25, 0.3) is 0 Å². The minimum absolute atomic E-state index is 0.00611. The van der Waals surface area contributed by atoms with Crippen LogP contribution in [0.2, 0.25) is 0 Å². The maximum atomic E-state index is 11.9. The van der Waals surface area contributed by atoms with E-state index in [2.05, 4.69) is 15.6 Å². The molecule has 0 saturated carbocycles. The van der Waals surface area contributed by atoms with Gasteiger partial charge in [0.2, 0.25) is 0 Å². The summed E-state index contributed by atoms with van der Waals surface area (Å²) in [6.45, 7) is 3.85. The van der Waals surface area contributed by atoms with Crippen molar-refractivity contribution in [3.63, 3.8) is 0 Å². The van der Waals surface area contributed by atoms with Gasteiger partial charge in [0.05, 0.1) is 12.1 Å². The second-order valence-corrected chi connectivity index (χ2v) is 5.08. The van der Waals surface area contributed by atoms with Crippen molar-refractivity contribution in [3.8, 4) is 0 Å². The molecule has 2 amide bonds. The summed E-state index contributed by atoms with van der Waals surface area (Å²) in [4.78, 5) is 24.5. The van der Waals surface area contributed by atoms with Gasteiger partial charge in [-0.3, -0.25) is 9.48 Å². The van der Waals surface area contributed by atoms with E-state index in [0.717, 1.165) is 6.42 Å². The predicted octanol–water partition coefficient (Wildman–Crippen LogP) is 0.0303. The molecule has 1 aliphatic heterocycles. The van der Waals surface area contributed by atoms with Gasteiger partial charge in [-0.05, 0) is 12.3 Å². The summed E-state index contributed by atoms with van der Waals surface area (Å²) in [5, 5.41) is 19.4. The molecule has 0 bridgehead atoms. The van der Waals surface area contributed by atoms with E-state index in [0.29, 0.717) is 19.6 Å². The lowest BCUT2D eigenvalue weighted by Crippen LogP contribution is -2.39. The molecular formula is C12H19N5O3. The highest BCUT2D eigenvalue weighted by molar-refractivity contribution is 5.77. The quantitative estimate of drug-likeness (QED) is 0.742. The number of nitrogens with one attached hydrogen (secondary N) is 1. The summed E-state index contributed by atoms with van der Waals surface area (Å²) in [5.74, 6) is -1.30. The van der Waals surface area contributed by atoms with Crippen LogP contribution >= 0.6 is 0 Å². The molecule has 1 aliphatic rings. The van der Waals surface area contributed by atoms with Crippen molar-refractivity contribution in [1.82, 2.24) is 25.2 Å². The van der Waals surface area contributed by atoms with Gasteiger partial charge in [-0.25, -0.2) is 4.79 Å². The minimum atomic E-state index is -0.834. The van der Waals surface area contributed by atoms with Gasteiger partial charge in [-0.2, -0.15) is 0 Å². The first kappa shape index (κ1) is 14.3. The molecule has 1 aromatic rings. The number of carbonyl (C=O) groups is 2. The Morgan fingerprint density at radius 1 is 1.45 bits per heavy atom. The van der Waals surface area contributed by atoms with Crippen LogP contribution in [0.15, 0.2) is 12.4 Å². The summed E-state index contributed by atoms with van der Waals surface area (Å²) in [6.07, 6.45) is 4.12. The lowest BCUT2D eigenvalue weighted by molar-refractivity contribution is -0.142. The van der Waals surface area contributed by atoms with Crippen molar-refractivity contribution in [2.75, 3.05) is 19.6 Å². The highest BCUT2D eigenvalue weighted by Crippen LogP contribution is 2.22. The SMILES string of the molecule is C[C@@H]1CN(C(=O)NCCCn2ccnn2)C[C@H]1C(=O)O. The largest absolute Gasteiger partial charge is 0.481 e. The minimum Gasteiger partial charge on any atom is -0.481 e. The first-order chi connectivity index (χ1) is 9.58. The average molecular weight is 281 g/mol. The van der Waals surface area contributed by atoms with Gasteiger partial charge in [0.25, 0.3) is 0 Å². The molecule has 20 heavy (non-hydrogen) atoms. The van der Waals surface area contributed by atoms with Gasteiger partial charge in [-0.15, -0.1) is 5.10 Å². The van der Waals surface area contributed by atoms with Gasteiger partial charge in [0.15, 0.2) is 0 Å². The Kier molecular flexibility index (Phi) is 4.54. The maximum Gasteiger partial charge on any atom is 0.317 e. The number of likely N-dealkylation sites (tertiary alicyclic amines) is 1. The second kappa shape index (κ2) is 6.36. The van der Waals surface area contributed by atoms with Crippen LogP contribution < -0.4 is 5.32 Å². The Labute approximate surface area is 116 Å². The van der Waals surface area contributed by atoms with Crippen LogP contribution in [-0.4, -0.2) is 56.6 Å². The third-order valence-corrected chi connectivity index (χ3v) is 3.53. The van der Waals surface area contributed by atoms with Gasteiger partial charge >= 0.3 is 12.0 Å². The summed E-state index contributed by atoms with van der Waals surface area (Å²) in [6, 6.07) is -0.195. The highest BCUT2D eigenvalue weighted by Gasteiger charge is 2.36. The summed E-state index contributed by atoms with van der Waals surface area (Å²) in [5.41, 5.74) is 0. The Bertz CT molecular complexity index is 462. The van der Waals surface area contributed by atoms with E-state index in [4.69, 9.17) is 5.11 Å². The Morgan fingerprint density at radius 2 is 2.25 bits per heavy atom. The Balaban J connectivity index is 1.69. The second-order valence-electron chi connectivity index (χ2n) is 5.08. The standard InChI is InChI=1S/C12H19N5O3/c1-9-7-16(8-10(9)11(18)19)12(20)13-3-2-5-17-6-4-14-15-17/h4,6,9-10H,2-3,5,7-8H2,1H3,(H,13,20)(H,18,19)/t9-,10-/m1/s1. The molecule has 2 rings (SSSR count). The molecule has 2 N–H and O–H groups in total. The molecule has 0 aliphatic carbocycles. The van der Waals surface area contributed by atoms with Crippen molar-refractivity contribution >= 4 is 12.0 Å². The van der Waals surface area contributed by atoms with Crippen molar-refractivity contribution in [1.29, 1.82) is 0 Å². The topological polar surface area (TPSA) is 100 Å². The van der Waals surface area contributed by atoms with Crippen molar-refractivity contribution in [2.24, 2.45) is 11.8 Å². The molecule has 1 fully saturated rings. The molecule has 8 heteroatoms. The molecule has 0 unspecified atom stereocenters. The normalized spacial score (nSPS) is 21.9. The number of carbonyl (C=O) groups excluding carboxylic acids is 1. The smallest absolute Gasteiger partial charge is 0.317 e. The Hall–Kier alpha value is -2.12. The van der Waals surface area contributed by atoms with Gasteiger partial charge in [-0.1, -0.05) is 12.1 Å². The molecule has 1 aromatic heterocycles. The number of hydrogen-bond acceptors (Lipinski definition) is 4. The molecule has 1 saturated heterocycles. The Morgan fingerprint density at radius 3 is 2.85 bits per heavy atom. The number of urea groups is 1. The fourth-order valence-electron chi connectivity index (χ4n) is 2.35. The first-order valence-corrected chi connectivity index (χ1v) is 6.67. The fraction of sp³-hybridized carbons (Fsp3) is 0.667. The van der Waals surface area contributed by atoms with E-state index in [1.54, 1.807) is 22.0 Å². The van der Waals surface area contributed by atoms with E-state index in [1.165, 1.54) is 0 Å². The maximum absolute atomic E-state index is 11.9. The van der Waals surface area contributed by atoms with Crippen LogP contribution in [0.1, 0.15) is 13.3 Å². The van der Waals surface area contributed by atoms with Crippen LogP contribution in [0.3, 0.4) is 0 Å². The number of amides is 2. The van der Waals surface area contributed by atoms with Crippen molar-refractivity contribution in [3.05, 3.63) is 12.4 Å². The third-order valence-electron chi connectivity index (χ3n) is 3.53. The highest BCUT2D eigenvalue weighted by atomic mass is 16.4. The van der Waals surface area contributed by atoms with E-state index in [1.807, 2.05) is 6.92 Å². The van der Waals surface area contributed by atoms with Crippen LogP contribution in [0, 0.1) is 11.8 Å². The molecular weight excluding hydrogens is 262 g/mol.